The molecule has 0 aliphatic rings. The zero-order valence-corrected chi connectivity index (χ0v) is 8.63. The molecule has 0 heterocycles. The fraction of sp³-hybridized carbons (Fsp3) is 0.889. The Kier molecular flexibility index (Phi) is 6.32. The van der Waals surface area contributed by atoms with Gasteiger partial charge in [0.05, 0.1) is 0 Å². The van der Waals surface area contributed by atoms with Crippen molar-refractivity contribution in [2.75, 3.05) is 13.2 Å². The maximum absolute atomic E-state index is 11.1. The molecule has 4 nitrogen and oxygen atoms in total. The predicted octanol–water partition coefficient (Wildman–Crippen LogP) is 0.712. The number of rotatable bonds is 5. The highest BCUT2D eigenvalue weighted by Crippen LogP contribution is 1.97. The van der Waals surface area contributed by atoms with Crippen LogP contribution < -0.4 is 10.6 Å². The van der Waals surface area contributed by atoms with Crippen LogP contribution in [0.25, 0.3) is 0 Å². The van der Waals surface area contributed by atoms with E-state index in [-0.39, 0.29) is 18.7 Å². The van der Waals surface area contributed by atoms with Gasteiger partial charge in [0.15, 0.2) is 0 Å². The van der Waals surface area contributed by atoms with Gasteiger partial charge in [0.1, 0.15) is 0 Å². The molecule has 0 saturated heterocycles. The van der Waals surface area contributed by atoms with Crippen LogP contribution in [0.15, 0.2) is 0 Å². The molecule has 0 saturated carbocycles. The lowest BCUT2D eigenvalue weighted by Gasteiger charge is -2.13. The minimum absolute atomic E-state index is 0.139. The van der Waals surface area contributed by atoms with Crippen LogP contribution >= 0.6 is 0 Å². The van der Waals surface area contributed by atoms with E-state index in [0.29, 0.717) is 12.5 Å². The van der Waals surface area contributed by atoms with Crippen molar-refractivity contribution in [3.05, 3.63) is 0 Å². The summed E-state index contributed by atoms with van der Waals surface area (Å²) >= 11 is 0. The third kappa shape index (κ3) is 7.59. The van der Waals surface area contributed by atoms with Gasteiger partial charge in [-0.05, 0) is 26.2 Å². The Balaban J connectivity index is 3.46. The summed E-state index contributed by atoms with van der Waals surface area (Å²) in [6, 6.07) is 0.0212. The molecule has 0 aromatic carbocycles. The van der Waals surface area contributed by atoms with Gasteiger partial charge in [0.2, 0.25) is 0 Å². The average Bonchev–Trinajstić information content (AvgIpc) is 2.00. The van der Waals surface area contributed by atoms with Gasteiger partial charge >= 0.3 is 6.03 Å². The van der Waals surface area contributed by atoms with Crippen molar-refractivity contribution in [1.82, 2.24) is 10.6 Å². The monoisotopic (exact) mass is 188 g/mol. The van der Waals surface area contributed by atoms with Crippen LogP contribution in [0.4, 0.5) is 4.79 Å². The summed E-state index contributed by atoms with van der Waals surface area (Å²) in [7, 11) is 0. The van der Waals surface area contributed by atoms with Gasteiger partial charge in [-0.3, -0.25) is 0 Å². The molecule has 0 fully saturated rings. The van der Waals surface area contributed by atoms with Gasteiger partial charge in [-0.2, -0.15) is 0 Å². The van der Waals surface area contributed by atoms with Crippen molar-refractivity contribution >= 4 is 6.03 Å². The maximum atomic E-state index is 11.1. The molecule has 0 spiro atoms. The molecule has 78 valence electrons. The van der Waals surface area contributed by atoms with E-state index in [4.69, 9.17) is 5.11 Å². The van der Waals surface area contributed by atoms with Crippen molar-refractivity contribution in [2.45, 2.75) is 33.2 Å². The molecule has 13 heavy (non-hydrogen) atoms. The highest BCUT2D eigenvalue weighted by molar-refractivity contribution is 5.74. The van der Waals surface area contributed by atoms with E-state index in [9.17, 15) is 4.79 Å². The summed E-state index contributed by atoms with van der Waals surface area (Å²) in [5, 5.41) is 14.1. The molecular formula is C9H20N2O2. The highest BCUT2D eigenvalue weighted by Gasteiger charge is 2.05. The standard InChI is InChI=1S/C9H20N2O2/c1-7(2)11-9(13)10-6-8(3)4-5-12/h7-8,12H,4-6H2,1-3H3,(H2,10,11,13). The normalized spacial score (nSPS) is 12.7. The molecule has 0 aromatic rings. The first-order valence-corrected chi connectivity index (χ1v) is 4.71. The second-order valence-corrected chi connectivity index (χ2v) is 3.63. The first kappa shape index (κ1) is 12.2. The van der Waals surface area contributed by atoms with Crippen LogP contribution in [0.5, 0.6) is 0 Å². The second kappa shape index (κ2) is 6.71. The average molecular weight is 188 g/mol. The van der Waals surface area contributed by atoms with Crippen LogP contribution in [-0.4, -0.2) is 30.3 Å². The lowest BCUT2D eigenvalue weighted by Crippen LogP contribution is -2.41. The Labute approximate surface area is 79.7 Å². The van der Waals surface area contributed by atoms with E-state index in [2.05, 4.69) is 10.6 Å². The first-order chi connectivity index (χ1) is 6.06. The number of aliphatic hydroxyl groups is 1. The smallest absolute Gasteiger partial charge is 0.314 e. The van der Waals surface area contributed by atoms with Crippen molar-refractivity contribution in [1.29, 1.82) is 0 Å². The van der Waals surface area contributed by atoms with Gasteiger partial charge < -0.3 is 15.7 Å². The van der Waals surface area contributed by atoms with Crippen LogP contribution in [0, 0.1) is 5.92 Å². The summed E-state index contributed by atoms with van der Waals surface area (Å²) in [5.41, 5.74) is 0. The molecule has 0 aliphatic heterocycles. The number of carbonyl (C=O) groups excluding carboxylic acids is 1. The molecule has 0 radical (unpaired) electrons. The van der Waals surface area contributed by atoms with E-state index in [1.807, 2.05) is 20.8 Å². The Morgan fingerprint density at radius 1 is 1.38 bits per heavy atom. The number of carbonyl (C=O) groups is 1. The number of aliphatic hydroxyl groups excluding tert-OH is 1. The maximum Gasteiger partial charge on any atom is 0.314 e. The molecular weight excluding hydrogens is 168 g/mol. The quantitative estimate of drug-likeness (QED) is 0.595. The Hall–Kier alpha value is -0.770. The molecule has 0 bridgehead atoms. The van der Waals surface area contributed by atoms with Crippen molar-refractivity contribution in [3.63, 3.8) is 0 Å². The number of hydrogen-bond donors (Lipinski definition) is 3. The fourth-order valence-corrected chi connectivity index (χ4v) is 0.903. The van der Waals surface area contributed by atoms with E-state index in [1.54, 1.807) is 0 Å². The first-order valence-electron chi connectivity index (χ1n) is 4.71. The zero-order valence-electron chi connectivity index (χ0n) is 8.63. The third-order valence-corrected chi connectivity index (χ3v) is 1.65. The Bertz CT molecular complexity index is 149. The van der Waals surface area contributed by atoms with Crippen molar-refractivity contribution in [3.8, 4) is 0 Å². The van der Waals surface area contributed by atoms with Gasteiger partial charge in [0.25, 0.3) is 0 Å². The summed E-state index contributed by atoms with van der Waals surface area (Å²) in [5.74, 6) is 0.322. The molecule has 3 N–H and O–H groups in total. The number of hydrogen-bond acceptors (Lipinski definition) is 2. The van der Waals surface area contributed by atoms with E-state index < -0.39 is 0 Å². The topological polar surface area (TPSA) is 61.4 Å². The lowest BCUT2D eigenvalue weighted by molar-refractivity contribution is 0.232. The number of urea groups is 1. The Morgan fingerprint density at radius 3 is 2.46 bits per heavy atom. The summed E-state index contributed by atoms with van der Waals surface area (Å²) < 4.78 is 0. The molecule has 4 heteroatoms. The minimum Gasteiger partial charge on any atom is -0.396 e. The highest BCUT2D eigenvalue weighted by atomic mass is 16.3. The molecule has 1 atom stereocenters. The summed E-state index contributed by atoms with van der Waals surface area (Å²) in [6.07, 6.45) is 0.724. The molecule has 0 rings (SSSR count). The SMILES string of the molecule is CC(CCO)CNC(=O)NC(C)C. The van der Waals surface area contributed by atoms with E-state index >= 15 is 0 Å². The summed E-state index contributed by atoms with van der Waals surface area (Å²) in [4.78, 5) is 11.1. The molecule has 0 aromatic heterocycles. The third-order valence-electron chi connectivity index (χ3n) is 1.65. The molecule has 0 aliphatic carbocycles. The van der Waals surface area contributed by atoms with E-state index in [1.165, 1.54) is 0 Å². The van der Waals surface area contributed by atoms with Crippen LogP contribution in [0.1, 0.15) is 27.2 Å². The Morgan fingerprint density at radius 2 is 2.00 bits per heavy atom. The van der Waals surface area contributed by atoms with Gasteiger partial charge in [-0.25, -0.2) is 4.79 Å². The molecule has 2 amide bonds. The molecule has 1 unspecified atom stereocenters. The van der Waals surface area contributed by atoms with Crippen LogP contribution in [0.3, 0.4) is 0 Å². The largest absolute Gasteiger partial charge is 0.396 e. The van der Waals surface area contributed by atoms with Crippen LogP contribution in [-0.2, 0) is 0 Å². The zero-order chi connectivity index (χ0) is 10.3. The van der Waals surface area contributed by atoms with Gasteiger partial charge in [-0.1, -0.05) is 6.92 Å². The lowest BCUT2D eigenvalue weighted by atomic mass is 10.1. The number of amides is 2. The van der Waals surface area contributed by atoms with Crippen molar-refractivity contribution < 1.29 is 9.90 Å². The van der Waals surface area contributed by atoms with Crippen molar-refractivity contribution in [2.24, 2.45) is 5.92 Å². The number of nitrogens with one attached hydrogen (secondary N) is 2. The predicted molar refractivity (Wildman–Crippen MR) is 52.5 cm³/mol. The summed E-state index contributed by atoms with van der Waals surface area (Å²) in [6.45, 7) is 6.60. The van der Waals surface area contributed by atoms with E-state index in [0.717, 1.165) is 6.42 Å². The van der Waals surface area contributed by atoms with Gasteiger partial charge in [0, 0.05) is 19.2 Å². The minimum atomic E-state index is -0.139. The van der Waals surface area contributed by atoms with Crippen LogP contribution in [0.2, 0.25) is 0 Å². The van der Waals surface area contributed by atoms with Gasteiger partial charge in [-0.15, -0.1) is 0 Å². The fourth-order valence-electron chi connectivity index (χ4n) is 0.903. The second-order valence-electron chi connectivity index (χ2n) is 3.63.